The van der Waals surface area contributed by atoms with Crippen molar-refractivity contribution in [2.24, 2.45) is 0 Å². The van der Waals surface area contributed by atoms with Crippen LogP contribution in [0.15, 0.2) is 58.3 Å². The van der Waals surface area contributed by atoms with Crippen LogP contribution in [0.1, 0.15) is 33.6 Å². The van der Waals surface area contributed by atoms with E-state index in [1.807, 2.05) is 0 Å². The number of carbonyl (C=O) groups is 2. The predicted octanol–water partition coefficient (Wildman–Crippen LogP) is 1.15. The van der Waals surface area contributed by atoms with Gasteiger partial charge in [-0.05, 0) is 43.2 Å². The van der Waals surface area contributed by atoms with Crippen LogP contribution in [0.5, 0.6) is 0 Å². The highest BCUT2D eigenvalue weighted by molar-refractivity contribution is 7.90. The molecule has 10 nitrogen and oxygen atoms in total. The fraction of sp³-hybridized carbons (Fsp3) is 0.333. The summed E-state index contributed by atoms with van der Waals surface area (Å²) in [6.07, 6.45) is 1.47. The van der Waals surface area contributed by atoms with Crippen molar-refractivity contribution in [1.82, 2.24) is 9.03 Å². The maximum atomic E-state index is 12.5. The van der Waals surface area contributed by atoms with Gasteiger partial charge in [0.05, 0.1) is 28.7 Å². The van der Waals surface area contributed by atoms with E-state index in [0.717, 1.165) is 12.8 Å². The van der Waals surface area contributed by atoms with Gasteiger partial charge in [0, 0.05) is 13.2 Å². The topological polar surface area (TPSA) is 136 Å². The van der Waals surface area contributed by atoms with Crippen LogP contribution in [-0.2, 0) is 29.5 Å². The van der Waals surface area contributed by atoms with Gasteiger partial charge < -0.3 is 9.47 Å². The first-order chi connectivity index (χ1) is 15.7. The maximum Gasteiger partial charge on any atom is 0.338 e. The minimum absolute atomic E-state index is 0.0196. The Balaban J connectivity index is 1.37. The Morgan fingerprint density at radius 1 is 1.18 bits per heavy atom. The first-order valence-electron chi connectivity index (χ1n) is 10.2. The molecular formula is C21H22N2O8S2. The lowest BCUT2D eigenvalue weighted by Crippen LogP contribution is -2.33. The van der Waals surface area contributed by atoms with Crippen LogP contribution in [-0.4, -0.2) is 65.4 Å². The minimum Gasteiger partial charge on any atom is -0.460 e. The second-order valence-electron chi connectivity index (χ2n) is 7.53. The van der Waals surface area contributed by atoms with Gasteiger partial charge in [-0.3, -0.25) is 4.79 Å². The molecule has 1 saturated heterocycles. The summed E-state index contributed by atoms with van der Waals surface area (Å²) in [6, 6.07) is 11.1. The molecule has 1 fully saturated rings. The molecule has 176 valence electrons. The molecule has 0 spiro atoms. The third-order valence-electron chi connectivity index (χ3n) is 5.34. The standard InChI is InChI=1S/C21H22N2O8S2/c24-20-18-8-1-2-9-19(18)33(28,29)23(20)10-12-31-21(25)15-5-3-7-17(13-15)32(26,27)22-14-16-6-4-11-30-16/h1-3,5,7-9,13,16,22H,4,6,10-12,14H2/t16-/m0/s1. The summed E-state index contributed by atoms with van der Waals surface area (Å²) in [5.74, 6) is -1.53. The summed E-state index contributed by atoms with van der Waals surface area (Å²) in [7, 11) is -7.86. The van der Waals surface area contributed by atoms with Crippen LogP contribution in [0, 0.1) is 0 Å². The van der Waals surface area contributed by atoms with Gasteiger partial charge in [-0.1, -0.05) is 18.2 Å². The Labute approximate surface area is 191 Å². The summed E-state index contributed by atoms with van der Waals surface area (Å²) < 4.78 is 63.8. The number of fused-ring (bicyclic) bond motifs is 1. The van der Waals surface area contributed by atoms with Crippen molar-refractivity contribution in [3.05, 3.63) is 59.7 Å². The van der Waals surface area contributed by atoms with Crippen molar-refractivity contribution in [2.45, 2.75) is 28.7 Å². The third kappa shape index (κ3) is 4.78. The lowest BCUT2D eigenvalue weighted by atomic mass is 10.2. The van der Waals surface area contributed by atoms with Gasteiger partial charge in [0.15, 0.2) is 0 Å². The molecule has 2 aromatic carbocycles. The first kappa shape index (κ1) is 23.4. The van der Waals surface area contributed by atoms with Crippen molar-refractivity contribution in [1.29, 1.82) is 0 Å². The smallest absolute Gasteiger partial charge is 0.338 e. The molecule has 12 heteroatoms. The van der Waals surface area contributed by atoms with Crippen molar-refractivity contribution in [2.75, 3.05) is 26.3 Å². The monoisotopic (exact) mass is 494 g/mol. The molecule has 0 aliphatic carbocycles. The lowest BCUT2D eigenvalue weighted by Gasteiger charge is -2.15. The van der Waals surface area contributed by atoms with Crippen molar-refractivity contribution in [3.8, 4) is 0 Å². The molecule has 2 heterocycles. The van der Waals surface area contributed by atoms with Crippen molar-refractivity contribution in [3.63, 3.8) is 0 Å². The molecule has 2 aliphatic heterocycles. The van der Waals surface area contributed by atoms with E-state index in [1.54, 1.807) is 6.07 Å². The number of ether oxygens (including phenoxy) is 2. The third-order valence-corrected chi connectivity index (χ3v) is 8.61. The molecule has 2 aliphatic rings. The highest BCUT2D eigenvalue weighted by Crippen LogP contribution is 2.29. The number of rotatable bonds is 8. The van der Waals surface area contributed by atoms with Gasteiger partial charge in [-0.2, -0.15) is 0 Å². The molecule has 4 rings (SSSR count). The molecule has 0 saturated carbocycles. The highest BCUT2D eigenvalue weighted by Gasteiger charge is 2.40. The SMILES string of the molecule is O=C(OCCN1C(=O)c2ccccc2S1(=O)=O)c1cccc(S(=O)(=O)NC[C@@H]2CCCO2)c1. The summed E-state index contributed by atoms with van der Waals surface area (Å²) in [5.41, 5.74) is 0.0473. The van der Waals surface area contributed by atoms with E-state index in [9.17, 15) is 26.4 Å². The molecule has 0 bridgehead atoms. The van der Waals surface area contributed by atoms with Gasteiger partial charge in [0.1, 0.15) is 11.5 Å². The molecule has 0 unspecified atom stereocenters. The van der Waals surface area contributed by atoms with Gasteiger partial charge in [0.2, 0.25) is 10.0 Å². The normalized spacial score (nSPS) is 19.5. The predicted molar refractivity (Wildman–Crippen MR) is 116 cm³/mol. The Morgan fingerprint density at radius 3 is 2.70 bits per heavy atom. The molecule has 1 N–H and O–H groups in total. The van der Waals surface area contributed by atoms with Crippen molar-refractivity contribution < 1.29 is 35.9 Å². The Morgan fingerprint density at radius 2 is 1.97 bits per heavy atom. The first-order valence-corrected chi connectivity index (χ1v) is 13.2. The number of hydrogen-bond acceptors (Lipinski definition) is 8. The number of carbonyl (C=O) groups excluding carboxylic acids is 2. The van der Waals surface area contributed by atoms with E-state index >= 15 is 0 Å². The zero-order chi connectivity index (χ0) is 23.6. The molecule has 0 radical (unpaired) electrons. The number of esters is 1. The fourth-order valence-electron chi connectivity index (χ4n) is 3.64. The summed E-state index contributed by atoms with van der Waals surface area (Å²) in [5, 5.41) is 0. The van der Waals surface area contributed by atoms with Gasteiger partial charge >= 0.3 is 5.97 Å². The molecule has 1 atom stereocenters. The number of amides is 1. The van der Waals surface area contributed by atoms with Crippen LogP contribution < -0.4 is 4.72 Å². The fourth-order valence-corrected chi connectivity index (χ4v) is 6.30. The second kappa shape index (κ2) is 9.21. The average molecular weight is 495 g/mol. The van der Waals surface area contributed by atoms with Crippen molar-refractivity contribution >= 4 is 31.9 Å². The van der Waals surface area contributed by atoms with E-state index in [1.165, 1.54) is 42.5 Å². The number of nitrogens with one attached hydrogen (secondary N) is 1. The summed E-state index contributed by atoms with van der Waals surface area (Å²) in [6.45, 7) is -0.00354. The van der Waals surface area contributed by atoms with Gasteiger partial charge in [-0.25, -0.2) is 30.7 Å². The number of sulfonamides is 2. The lowest BCUT2D eigenvalue weighted by molar-refractivity contribution is 0.0477. The van der Waals surface area contributed by atoms with Crippen LogP contribution in [0.25, 0.3) is 0 Å². The molecule has 2 aromatic rings. The molecular weight excluding hydrogens is 472 g/mol. The van der Waals surface area contributed by atoms with E-state index in [2.05, 4.69) is 4.72 Å². The Kier molecular flexibility index (Phi) is 6.52. The van der Waals surface area contributed by atoms with Gasteiger partial charge in [0.25, 0.3) is 15.9 Å². The highest BCUT2D eigenvalue weighted by atomic mass is 32.2. The zero-order valence-electron chi connectivity index (χ0n) is 17.5. The summed E-state index contributed by atoms with van der Waals surface area (Å²) >= 11 is 0. The van der Waals surface area contributed by atoms with Crippen LogP contribution in [0.3, 0.4) is 0 Å². The Bertz CT molecular complexity index is 1280. The van der Waals surface area contributed by atoms with E-state index in [-0.39, 0.29) is 46.7 Å². The zero-order valence-corrected chi connectivity index (χ0v) is 19.1. The molecule has 33 heavy (non-hydrogen) atoms. The quantitative estimate of drug-likeness (QED) is 0.540. The number of hydrogen-bond donors (Lipinski definition) is 1. The molecule has 0 aromatic heterocycles. The van der Waals surface area contributed by atoms with Crippen LogP contribution in [0.2, 0.25) is 0 Å². The molecule has 1 amide bonds. The minimum atomic E-state index is -4.00. The van der Waals surface area contributed by atoms with Crippen LogP contribution in [0.4, 0.5) is 0 Å². The maximum absolute atomic E-state index is 12.5. The van der Waals surface area contributed by atoms with Gasteiger partial charge in [-0.15, -0.1) is 0 Å². The van der Waals surface area contributed by atoms with E-state index in [0.29, 0.717) is 10.9 Å². The average Bonchev–Trinajstić information content (AvgIpc) is 3.39. The number of nitrogens with zero attached hydrogens (tertiary/aromatic N) is 1. The Hall–Kier alpha value is -2.80. The second-order valence-corrected chi connectivity index (χ2v) is 11.1. The van der Waals surface area contributed by atoms with E-state index in [4.69, 9.17) is 9.47 Å². The summed E-state index contributed by atoms with van der Waals surface area (Å²) in [4.78, 5) is 24.6. The largest absolute Gasteiger partial charge is 0.460 e. The number of benzene rings is 2. The van der Waals surface area contributed by atoms with E-state index < -0.39 is 31.9 Å². The van der Waals surface area contributed by atoms with Crippen LogP contribution >= 0.6 is 0 Å².